The number of halogens is 2. The van der Waals surface area contributed by atoms with Gasteiger partial charge >= 0.3 is 0 Å². The second kappa shape index (κ2) is 8.92. The van der Waals surface area contributed by atoms with Crippen LogP contribution in [0, 0.1) is 0 Å². The Balaban J connectivity index is 1.80. The molecule has 0 unspecified atom stereocenters. The van der Waals surface area contributed by atoms with Gasteiger partial charge in [-0.15, -0.1) is 0 Å². The zero-order valence-corrected chi connectivity index (χ0v) is 14.2. The fourth-order valence-electron chi connectivity index (χ4n) is 3.26. The Bertz CT molecular complexity index is 645. The summed E-state index contributed by atoms with van der Waals surface area (Å²) >= 11 is 0. The highest BCUT2D eigenvalue weighted by Gasteiger charge is 2.27. The van der Waals surface area contributed by atoms with Crippen molar-refractivity contribution in [2.24, 2.45) is 0 Å². The largest absolute Gasteiger partial charge is 0.489 e. The molecule has 1 N–H and O–H groups in total. The second-order valence-electron chi connectivity index (χ2n) is 6.24. The summed E-state index contributed by atoms with van der Waals surface area (Å²) < 4.78 is 32.4. The van der Waals surface area contributed by atoms with Crippen molar-refractivity contribution in [3.05, 3.63) is 65.7 Å². The summed E-state index contributed by atoms with van der Waals surface area (Å²) in [4.78, 5) is 2.13. The van der Waals surface area contributed by atoms with E-state index in [0.717, 1.165) is 37.3 Å². The van der Waals surface area contributed by atoms with E-state index >= 15 is 0 Å². The van der Waals surface area contributed by atoms with Gasteiger partial charge in [-0.1, -0.05) is 48.5 Å². The third-order valence-corrected chi connectivity index (χ3v) is 4.51. The molecule has 25 heavy (non-hydrogen) atoms. The minimum Gasteiger partial charge on any atom is -0.489 e. The maximum Gasteiger partial charge on any atom is 0.240 e. The maximum absolute atomic E-state index is 13.2. The lowest BCUT2D eigenvalue weighted by Gasteiger charge is -2.35. The third-order valence-electron chi connectivity index (χ3n) is 4.51. The van der Waals surface area contributed by atoms with Gasteiger partial charge < -0.3 is 10.1 Å². The van der Waals surface area contributed by atoms with Crippen LogP contribution < -0.4 is 10.1 Å². The number of rotatable bonds is 7. The maximum atomic E-state index is 13.2. The average Bonchev–Trinajstić information content (AvgIpc) is 2.66. The van der Waals surface area contributed by atoms with Gasteiger partial charge in [0.15, 0.2) is 0 Å². The third kappa shape index (κ3) is 5.00. The molecule has 1 atom stereocenters. The first-order valence-corrected chi connectivity index (χ1v) is 8.72. The molecule has 5 heteroatoms. The molecule has 3 rings (SSSR count). The number of hydrogen-bond donors (Lipinski definition) is 1. The zero-order chi connectivity index (χ0) is 17.5. The Morgan fingerprint density at radius 1 is 0.960 bits per heavy atom. The van der Waals surface area contributed by atoms with E-state index in [9.17, 15) is 8.78 Å². The van der Waals surface area contributed by atoms with Crippen molar-refractivity contribution in [2.75, 3.05) is 26.2 Å². The van der Waals surface area contributed by atoms with Crippen molar-refractivity contribution < 1.29 is 13.5 Å². The normalized spacial score (nSPS) is 16.8. The first kappa shape index (κ1) is 17.8. The fourth-order valence-corrected chi connectivity index (χ4v) is 3.26. The van der Waals surface area contributed by atoms with Crippen molar-refractivity contribution in [1.29, 1.82) is 0 Å². The van der Waals surface area contributed by atoms with Crippen LogP contribution in [-0.4, -0.2) is 37.5 Å². The van der Waals surface area contributed by atoms with E-state index in [2.05, 4.69) is 10.2 Å². The van der Waals surface area contributed by atoms with Gasteiger partial charge in [-0.3, -0.25) is 4.90 Å². The number of nitrogens with one attached hydrogen (secondary N) is 1. The molecular formula is C20H24F2N2O. The number of ether oxygens (including phenoxy) is 1. The van der Waals surface area contributed by atoms with E-state index in [-0.39, 0.29) is 12.5 Å². The molecule has 0 radical (unpaired) electrons. The van der Waals surface area contributed by atoms with Crippen LogP contribution in [0.2, 0.25) is 0 Å². The Morgan fingerprint density at radius 3 is 2.36 bits per heavy atom. The van der Waals surface area contributed by atoms with Crippen molar-refractivity contribution >= 4 is 0 Å². The Kier molecular flexibility index (Phi) is 6.36. The highest BCUT2D eigenvalue weighted by molar-refractivity contribution is 5.36. The molecule has 1 aliphatic heterocycles. The van der Waals surface area contributed by atoms with Gasteiger partial charge in [0.1, 0.15) is 12.4 Å². The summed E-state index contributed by atoms with van der Waals surface area (Å²) in [7, 11) is 0. The first-order valence-electron chi connectivity index (χ1n) is 8.72. The lowest BCUT2D eigenvalue weighted by Crippen LogP contribution is -2.45. The zero-order valence-electron chi connectivity index (χ0n) is 14.2. The number of benzene rings is 2. The Morgan fingerprint density at radius 2 is 1.64 bits per heavy atom. The molecule has 1 saturated heterocycles. The quantitative estimate of drug-likeness (QED) is 0.824. The molecule has 134 valence electrons. The van der Waals surface area contributed by atoms with E-state index in [1.54, 1.807) is 0 Å². The fraction of sp³-hybridized carbons (Fsp3) is 0.400. The lowest BCUT2D eigenvalue weighted by atomic mass is 10.00. The summed E-state index contributed by atoms with van der Waals surface area (Å²) in [6.07, 6.45) is -2.52. The summed E-state index contributed by atoms with van der Waals surface area (Å²) in [5.41, 5.74) is 1.91. The molecule has 0 aromatic heterocycles. The predicted octanol–water partition coefficient (Wildman–Crippen LogP) is 3.87. The molecule has 2 aromatic rings. The van der Waals surface area contributed by atoms with Gasteiger partial charge in [0, 0.05) is 44.2 Å². The summed E-state index contributed by atoms with van der Waals surface area (Å²) in [6.45, 7) is 3.62. The van der Waals surface area contributed by atoms with Crippen LogP contribution in [0.25, 0.3) is 0 Å². The van der Waals surface area contributed by atoms with Crippen LogP contribution in [-0.2, 0) is 6.61 Å². The smallest absolute Gasteiger partial charge is 0.240 e. The highest BCUT2D eigenvalue weighted by Crippen LogP contribution is 2.34. The highest BCUT2D eigenvalue weighted by atomic mass is 19.3. The van der Waals surface area contributed by atoms with Crippen molar-refractivity contribution in [1.82, 2.24) is 10.2 Å². The molecule has 0 saturated carbocycles. The van der Waals surface area contributed by atoms with Crippen molar-refractivity contribution in [3.63, 3.8) is 0 Å². The number of hydrogen-bond acceptors (Lipinski definition) is 3. The molecule has 0 aliphatic carbocycles. The van der Waals surface area contributed by atoms with Gasteiger partial charge in [-0.2, -0.15) is 0 Å². The number of para-hydroxylation sites is 1. The average molecular weight is 346 g/mol. The van der Waals surface area contributed by atoms with E-state index in [1.807, 2.05) is 54.6 Å². The molecule has 1 aliphatic rings. The number of piperazine rings is 1. The van der Waals surface area contributed by atoms with Gasteiger partial charge in [-0.25, -0.2) is 8.78 Å². The first-order chi connectivity index (χ1) is 12.2. The van der Waals surface area contributed by atoms with Crippen LogP contribution in [0.15, 0.2) is 54.6 Å². The second-order valence-corrected chi connectivity index (χ2v) is 6.24. The molecule has 1 heterocycles. The van der Waals surface area contributed by atoms with Crippen molar-refractivity contribution in [3.8, 4) is 5.75 Å². The topological polar surface area (TPSA) is 24.5 Å². The minimum atomic E-state index is -2.35. The molecular weight excluding hydrogens is 322 g/mol. The van der Waals surface area contributed by atoms with E-state index in [4.69, 9.17) is 4.74 Å². The number of alkyl halides is 2. The molecule has 0 bridgehead atoms. The standard InChI is InChI=1S/C20H24F2N2O/c21-20(22)14-18(24-12-10-23-11-13-24)17-8-4-5-9-19(17)25-15-16-6-2-1-3-7-16/h1-9,18,20,23H,10-15H2/t18-/m0/s1. The minimum absolute atomic E-state index is 0.175. The Hall–Kier alpha value is -1.98. The van der Waals surface area contributed by atoms with Crippen molar-refractivity contribution in [2.45, 2.75) is 25.5 Å². The molecule has 0 spiro atoms. The van der Waals surface area contributed by atoms with E-state index in [0.29, 0.717) is 12.4 Å². The monoisotopic (exact) mass is 346 g/mol. The van der Waals surface area contributed by atoms with Crippen LogP contribution in [0.5, 0.6) is 5.75 Å². The van der Waals surface area contributed by atoms with Gasteiger partial charge in [0.05, 0.1) is 0 Å². The van der Waals surface area contributed by atoms with Gasteiger partial charge in [-0.05, 0) is 11.6 Å². The molecule has 0 amide bonds. The van der Waals surface area contributed by atoms with Crippen LogP contribution in [0.3, 0.4) is 0 Å². The molecule has 2 aromatic carbocycles. The SMILES string of the molecule is FC(F)C[C@@H](c1ccccc1OCc1ccccc1)N1CCNCC1. The van der Waals surface area contributed by atoms with Crippen LogP contribution >= 0.6 is 0 Å². The summed E-state index contributed by atoms with van der Waals surface area (Å²) in [5, 5.41) is 3.28. The summed E-state index contributed by atoms with van der Waals surface area (Å²) in [6, 6.07) is 17.1. The van der Waals surface area contributed by atoms with E-state index < -0.39 is 6.43 Å². The predicted molar refractivity (Wildman–Crippen MR) is 95.0 cm³/mol. The Labute approximate surface area is 147 Å². The molecule has 1 fully saturated rings. The summed E-state index contributed by atoms with van der Waals surface area (Å²) in [5.74, 6) is 0.690. The lowest BCUT2D eigenvalue weighted by molar-refractivity contribution is 0.0725. The van der Waals surface area contributed by atoms with E-state index in [1.165, 1.54) is 0 Å². The van der Waals surface area contributed by atoms with Gasteiger partial charge in [0.25, 0.3) is 0 Å². The van der Waals surface area contributed by atoms with Gasteiger partial charge in [0.2, 0.25) is 6.43 Å². The number of nitrogens with zero attached hydrogens (tertiary/aromatic N) is 1. The van der Waals surface area contributed by atoms with Crippen LogP contribution in [0.1, 0.15) is 23.6 Å². The molecule has 3 nitrogen and oxygen atoms in total. The van der Waals surface area contributed by atoms with Crippen LogP contribution in [0.4, 0.5) is 8.78 Å².